The topological polar surface area (TPSA) is 21.3 Å². The molecule has 1 aliphatic carbocycles. The molecule has 1 atom stereocenters. The molecule has 0 amide bonds. The van der Waals surface area contributed by atoms with Crippen LogP contribution >= 0.6 is 0 Å². The van der Waals surface area contributed by atoms with Crippen LogP contribution in [-0.2, 0) is 6.42 Å². The molecular formula is C15H22FNO. The highest BCUT2D eigenvalue weighted by Crippen LogP contribution is 2.23. The van der Waals surface area contributed by atoms with Crippen molar-refractivity contribution in [2.24, 2.45) is 5.92 Å². The lowest BCUT2D eigenvalue weighted by Crippen LogP contribution is -2.38. The molecule has 1 aromatic carbocycles. The Morgan fingerprint density at radius 1 is 1.44 bits per heavy atom. The summed E-state index contributed by atoms with van der Waals surface area (Å²) in [5.74, 6) is 0.564. The fraction of sp³-hybridized carbons (Fsp3) is 0.600. The van der Waals surface area contributed by atoms with E-state index in [2.05, 4.69) is 12.2 Å². The minimum atomic E-state index is -0.213. The van der Waals surface area contributed by atoms with Gasteiger partial charge in [-0.25, -0.2) is 4.39 Å². The quantitative estimate of drug-likeness (QED) is 0.838. The number of ether oxygens (including phenoxy) is 1. The molecule has 0 aromatic heterocycles. The molecule has 0 aliphatic heterocycles. The van der Waals surface area contributed by atoms with Crippen molar-refractivity contribution in [1.82, 2.24) is 5.32 Å². The molecule has 1 unspecified atom stereocenters. The van der Waals surface area contributed by atoms with Crippen molar-refractivity contribution in [3.05, 3.63) is 29.6 Å². The van der Waals surface area contributed by atoms with E-state index in [-0.39, 0.29) is 5.82 Å². The predicted octanol–water partition coefficient (Wildman–Crippen LogP) is 3.16. The maximum atomic E-state index is 14.0. The maximum Gasteiger partial charge on any atom is 0.168 e. The van der Waals surface area contributed by atoms with Crippen LogP contribution in [0.2, 0.25) is 0 Å². The summed E-state index contributed by atoms with van der Waals surface area (Å²) in [5.41, 5.74) is 0.747. The third-order valence-electron chi connectivity index (χ3n) is 3.69. The lowest BCUT2D eigenvalue weighted by molar-refractivity contribution is 0.319. The molecule has 3 heteroatoms. The standard InChI is InChI=1S/C15H22FNO/c1-11(10-17-13-6-4-7-13)9-12-5-3-8-14(18-2)15(12)16/h3,5,8,11,13,17H,4,6-7,9-10H2,1-2H3. The van der Waals surface area contributed by atoms with Gasteiger partial charge in [-0.1, -0.05) is 25.5 Å². The Kier molecular flexibility index (Phi) is 4.59. The van der Waals surface area contributed by atoms with Gasteiger partial charge in [0.15, 0.2) is 11.6 Å². The summed E-state index contributed by atoms with van der Waals surface area (Å²) in [7, 11) is 1.50. The van der Waals surface area contributed by atoms with Crippen LogP contribution in [0.5, 0.6) is 5.75 Å². The predicted molar refractivity (Wildman–Crippen MR) is 71.5 cm³/mol. The summed E-state index contributed by atoms with van der Waals surface area (Å²) in [6.45, 7) is 3.12. The van der Waals surface area contributed by atoms with Crippen molar-refractivity contribution >= 4 is 0 Å². The molecule has 0 radical (unpaired) electrons. The molecule has 0 bridgehead atoms. The number of benzene rings is 1. The number of hydrogen-bond donors (Lipinski definition) is 1. The Morgan fingerprint density at radius 2 is 2.22 bits per heavy atom. The van der Waals surface area contributed by atoms with Crippen LogP contribution in [0.3, 0.4) is 0 Å². The van der Waals surface area contributed by atoms with Crippen molar-refractivity contribution in [3.8, 4) is 5.75 Å². The SMILES string of the molecule is COc1cccc(CC(C)CNC2CCC2)c1F. The monoisotopic (exact) mass is 251 g/mol. The van der Waals surface area contributed by atoms with E-state index in [4.69, 9.17) is 4.74 Å². The van der Waals surface area contributed by atoms with Crippen molar-refractivity contribution in [2.75, 3.05) is 13.7 Å². The average Bonchev–Trinajstić information content (AvgIpc) is 2.30. The van der Waals surface area contributed by atoms with E-state index in [0.29, 0.717) is 17.7 Å². The zero-order valence-electron chi connectivity index (χ0n) is 11.2. The Labute approximate surface area is 109 Å². The first-order valence-electron chi connectivity index (χ1n) is 6.75. The highest BCUT2D eigenvalue weighted by molar-refractivity contribution is 5.31. The molecule has 18 heavy (non-hydrogen) atoms. The van der Waals surface area contributed by atoms with Gasteiger partial charge in [0.25, 0.3) is 0 Å². The summed E-state index contributed by atoms with van der Waals surface area (Å²) < 4.78 is 19.0. The molecular weight excluding hydrogens is 229 g/mol. The zero-order chi connectivity index (χ0) is 13.0. The molecule has 1 aromatic rings. The first-order valence-corrected chi connectivity index (χ1v) is 6.75. The Bertz CT molecular complexity index is 390. The number of methoxy groups -OCH3 is 1. The minimum absolute atomic E-state index is 0.213. The van der Waals surface area contributed by atoms with E-state index in [1.165, 1.54) is 26.4 Å². The number of halogens is 1. The first kappa shape index (κ1) is 13.3. The Balaban J connectivity index is 1.87. The van der Waals surface area contributed by atoms with Crippen LogP contribution in [0.15, 0.2) is 18.2 Å². The summed E-state index contributed by atoms with van der Waals surface area (Å²) in [5, 5.41) is 3.53. The van der Waals surface area contributed by atoms with Gasteiger partial charge in [-0.05, 0) is 43.4 Å². The van der Waals surface area contributed by atoms with E-state index in [0.717, 1.165) is 18.5 Å². The van der Waals surface area contributed by atoms with Gasteiger partial charge in [0, 0.05) is 6.04 Å². The summed E-state index contributed by atoms with van der Waals surface area (Å²) >= 11 is 0. The van der Waals surface area contributed by atoms with E-state index >= 15 is 0 Å². The Hall–Kier alpha value is -1.09. The molecule has 1 fully saturated rings. The maximum absolute atomic E-state index is 14.0. The van der Waals surface area contributed by atoms with Gasteiger partial charge in [-0.3, -0.25) is 0 Å². The van der Waals surface area contributed by atoms with E-state index in [1.807, 2.05) is 12.1 Å². The van der Waals surface area contributed by atoms with Gasteiger partial charge in [-0.2, -0.15) is 0 Å². The summed E-state index contributed by atoms with van der Waals surface area (Å²) in [6, 6.07) is 6.06. The molecule has 2 rings (SSSR count). The second-order valence-corrected chi connectivity index (χ2v) is 5.28. The lowest BCUT2D eigenvalue weighted by Gasteiger charge is -2.28. The summed E-state index contributed by atoms with van der Waals surface area (Å²) in [4.78, 5) is 0. The van der Waals surface area contributed by atoms with E-state index in [9.17, 15) is 4.39 Å². The van der Waals surface area contributed by atoms with Gasteiger partial charge in [-0.15, -0.1) is 0 Å². The van der Waals surface area contributed by atoms with Gasteiger partial charge >= 0.3 is 0 Å². The van der Waals surface area contributed by atoms with Crippen LogP contribution in [0.25, 0.3) is 0 Å². The summed E-state index contributed by atoms with van der Waals surface area (Å²) in [6.07, 6.45) is 4.68. The zero-order valence-corrected chi connectivity index (χ0v) is 11.2. The van der Waals surface area contributed by atoms with Crippen molar-refractivity contribution < 1.29 is 9.13 Å². The molecule has 1 aliphatic rings. The van der Waals surface area contributed by atoms with Crippen LogP contribution in [0.1, 0.15) is 31.7 Å². The molecule has 0 spiro atoms. The molecule has 0 heterocycles. The highest BCUT2D eigenvalue weighted by Gasteiger charge is 2.18. The second kappa shape index (κ2) is 6.19. The van der Waals surface area contributed by atoms with E-state index in [1.54, 1.807) is 6.07 Å². The largest absolute Gasteiger partial charge is 0.494 e. The first-order chi connectivity index (χ1) is 8.70. The van der Waals surface area contributed by atoms with E-state index < -0.39 is 0 Å². The minimum Gasteiger partial charge on any atom is -0.494 e. The lowest BCUT2D eigenvalue weighted by atomic mass is 9.92. The molecule has 2 nitrogen and oxygen atoms in total. The molecule has 100 valence electrons. The highest BCUT2D eigenvalue weighted by atomic mass is 19.1. The van der Waals surface area contributed by atoms with Crippen molar-refractivity contribution in [1.29, 1.82) is 0 Å². The fourth-order valence-electron chi connectivity index (χ4n) is 2.30. The third kappa shape index (κ3) is 3.22. The normalized spacial score (nSPS) is 17.3. The van der Waals surface area contributed by atoms with Crippen LogP contribution in [-0.4, -0.2) is 19.7 Å². The van der Waals surface area contributed by atoms with Crippen molar-refractivity contribution in [3.63, 3.8) is 0 Å². The number of rotatable bonds is 6. The smallest absolute Gasteiger partial charge is 0.168 e. The molecule has 1 N–H and O–H groups in total. The number of hydrogen-bond acceptors (Lipinski definition) is 2. The van der Waals surface area contributed by atoms with Crippen LogP contribution < -0.4 is 10.1 Å². The van der Waals surface area contributed by atoms with Crippen LogP contribution in [0.4, 0.5) is 4.39 Å². The molecule has 1 saturated carbocycles. The average molecular weight is 251 g/mol. The third-order valence-corrected chi connectivity index (χ3v) is 3.69. The second-order valence-electron chi connectivity index (χ2n) is 5.28. The van der Waals surface area contributed by atoms with Crippen molar-refractivity contribution in [2.45, 2.75) is 38.6 Å². The fourth-order valence-corrected chi connectivity index (χ4v) is 2.30. The van der Waals surface area contributed by atoms with Gasteiger partial charge in [0.05, 0.1) is 7.11 Å². The Morgan fingerprint density at radius 3 is 2.83 bits per heavy atom. The molecule has 0 saturated heterocycles. The van der Waals surface area contributed by atoms with Gasteiger partial charge in [0.1, 0.15) is 0 Å². The van der Waals surface area contributed by atoms with Gasteiger partial charge in [0.2, 0.25) is 0 Å². The van der Waals surface area contributed by atoms with Crippen LogP contribution in [0, 0.1) is 11.7 Å². The van der Waals surface area contributed by atoms with Gasteiger partial charge < -0.3 is 10.1 Å². The number of nitrogens with one attached hydrogen (secondary N) is 1.